The molecule has 1 aromatic heterocycles. The van der Waals surface area contributed by atoms with Gasteiger partial charge in [-0.2, -0.15) is 0 Å². The van der Waals surface area contributed by atoms with Crippen molar-refractivity contribution in [2.45, 2.75) is 33.6 Å². The van der Waals surface area contributed by atoms with Gasteiger partial charge in [-0.15, -0.1) is 0 Å². The van der Waals surface area contributed by atoms with Gasteiger partial charge in [0.05, 0.1) is 16.8 Å². The average Bonchev–Trinajstić information content (AvgIpc) is 3.22. The van der Waals surface area contributed by atoms with E-state index >= 15 is 0 Å². The number of unbranched alkanes of at least 4 members (excludes halogenated alkanes) is 1. The summed E-state index contributed by atoms with van der Waals surface area (Å²) in [6.07, 6.45) is 2.11. The highest BCUT2D eigenvalue weighted by Crippen LogP contribution is 2.32. The molecule has 0 saturated carbocycles. The lowest BCUT2D eigenvalue weighted by atomic mass is 10.1. The first-order valence-corrected chi connectivity index (χ1v) is 11.5. The Labute approximate surface area is 182 Å². The fourth-order valence-corrected chi connectivity index (χ4v) is 4.76. The van der Waals surface area contributed by atoms with Crippen LogP contribution in [0.2, 0.25) is 0 Å². The Bertz CT molecular complexity index is 1040. The number of carbonyl (C=O) groups is 1. The zero-order valence-corrected chi connectivity index (χ0v) is 18.8. The van der Waals surface area contributed by atoms with E-state index < -0.39 is 0 Å². The maximum atomic E-state index is 13.0. The van der Waals surface area contributed by atoms with Crippen molar-refractivity contribution in [2.24, 2.45) is 0 Å². The Hall–Kier alpha value is -2.60. The van der Waals surface area contributed by atoms with Gasteiger partial charge in [-0.25, -0.2) is 4.98 Å². The number of carbonyl (C=O) groups excluding carboxylic acids is 1. The Morgan fingerprint density at radius 1 is 1.13 bits per heavy atom. The van der Waals surface area contributed by atoms with E-state index in [1.165, 1.54) is 15.8 Å². The van der Waals surface area contributed by atoms with Gasteiger partial charge in [0.1, 0.15) is 5.75 Å². The largest absolute Gasteiger partial charge is 0.494 e. The van der Waals surface area contributed by atoms with Gasteiger partial charge in [-0.1, -0.05) is 36.8 Å². The normalized spacial score (nSPS) is 14.4. The number of fused-ring (bicyclic) bond motifs is 1. The van der Waals surface area contributed by atoms with Gasteiger partial charge < -0.3 is 14.5 Å². The van der Waals surface area contributed by atoms with E-state index in [2.05, 4.69) is 37.8 Å². The van der Waals surface area contributed by atoms with Crippen molar-refractivity contribution >= 4 is 32.6 Å². The van der Waals surface area contributed by atoms with Gasteiger partial charge in [-0.05, 0) is 55.7 Å². The maximum absolute atomic E-state index is 13.0. The van der Waals surface area contributed by atoms with Crippen molar-refractivity contribution in [2.75, 3.05) is 37.7 Å². The molecule has 0 N–H and O–H groups in total. The number of hydrogen-bond acceptors (Lipinski definition) is 5. The Morgan fingerprint density at radius 2 is 1.93 bits per heavy atom. The van der Waals surface area contributed by atoms with Crippen LogP contribution in [0.1, 0.15) is 41.3 Å². The van der Waals surface area contributed by atoms with Crippen LogP contribution in [-0.2, 0) is 0 Å². The summed E-state index contributed by atoms with van der Waals surface area (Å²) in [4.78, 5) is 22.1. The van der Waals surface area contributed by atoms with Crippen LogP contribution in [0.15, 0.2) is 36.4 Å². The van der Waals surface area contributed by atoms with Crippen LogP contribution >= 0.6 is 11.3 Å². The summed E-state index contributed by atoms with van der Waals surface area (Å²) in [6.45, 7) is 10.1. The number of nitrogens with zero attached hydrogens (tertiary/aromatic N) is 3. The van der Waals surface area contributed by atoms with E-state index in [0.29, 0.717) is 25.3 Å². The van der Waals surface area contributed by atoms with Crippen molar-refractivity contribution in [3.63, 3.8) is 0 Å². The summed E-state index contributed by atoms with van der Waals surface area (Å²) >= 11 is 1.74. The summed E-state index contributed by atoms with van der Waals surface area (Å²) in [6, 6.07) is 11.9. The van der Waals surface area contributed by atoms with E-state index in [1.807, 2.05) is 29.2 Å². The second kappa shape index (κ2) is 9.04. The zero-order valence-electron chi connectivity index (χ0n) is 18.0. The number of amides is 1. The zero-order chi connectivity index (χ0) is 21.1. The minimum Gasteiger partial charge on any atom is -0.494 e. The van der Waals surface area contributed by atoms with E-state index in [-0.39, 0.29) is 5.91 Å². The van der Waals surface area contributed by atoms with Crippen LogP contribution in [0.25, 0.3) is 10.2 Å². The SMILES string of the molecule is CCCCOc1cccc(C(=O)N2CCN(c3nc4c(C)c(C)ccc4s3)CC2)c1. The predicted molar refractivity (Wildman–Crippen MR) is 124 cm³/mol. The molecule has 5 nitrogen and oxygen atoms in total. The molecule has 1 amide bonds. The maximum Gasteiger partial charge on any atom is 0.254 e. The van der Waals surface area contributed by atoms with Crippen molar-refractivity contribution in [1.29, 1.82) is 0 Å². The monoisotopic (exact) mass is 423 g/mol. The molecule has 30 heavy (non-hydrogen) atoms. The number of ether oxygens (including phenoxy) is 1. The number of benzene rings is 2. The van der Waals surface area contributed by atoms with E-state index in [1.54, 1.807) is 11.3 Å². The predicted octanol–water partition coefficient (Wildman–Crippen LogP) is 5.05. The van der Waals surface area contributed by atoms with Crippen molar-refractivity contribution in [1.82, 2.24) is 9.88 Å². The lowest BCUT2D eigenvalue weighted by Crippen LogP contribution is -2.48. The Balaban J connectivity index is 1.40. The molecule has 0 radical (unpaired) electrons. The Kier molecular flexibility index (Phi) is 6.23. The second-order valence-corrected chi connectivity index (χ2v) is 8.87. The molecule has 0 atom stereocenters. The molecular weight excluding hydrogens is 394 g/mol. The molecule has 1 aliphatic heterocycles. The number of anilines is 1. The highest BCUT2D eigenvalue weighted by Gasteiger charge is 2.24. The topological polar surface area (TPSA) is 45.7 Å². The number of aromatic nitrogens is 1. The smallest absolute Gasteiger partial charge is 0.254 e. The molecule has 3 aromatic rings. The molecule has 1 aliphatic rings. The molecule has 0 spiro atoms. The third-order valence-corrected chi connectivity index (χ3v) is 6.84. The van der Waals surface area contributed by atoms with E-state index in [4.69, 9.17) is 9.72 Å². The summed E-state index contributed by atoms with van der Waals surface area (Å²) < 4.78 is 6.99. The number of thiazole rings is 1. The van der Waals surface area contributed by atoms with Crippen molar-refractivity contribution in [3.05, 3.63) is 53.1 Å². The van der Waals surface area contributed by atoms with Gasteiger partial charge in [0.25, 0.3) is 5.91 Å². The van der Waals surface area contributed by atoms with Crippen LogP contribution < -0.4 is 9.64 Å². The first kappa shape index (κ1) is 20.7. The molecule has 4 rings (SSSR count). The molecular formula is C24H29N3O2S. The van der Waals surface area contributed by atoms with Crippen molar-refractivity contribution < 1.29 is 9.53 Å². The number of rotatable bonds is 6. The molecule has 1 fully saturated rings. The number of aryl methyl sites for hydroxylation is 2. The summed E-state index contributed by atoms with van der Waals surface area (Å²) in [5.74, 6) is 0.847. The molecule has 158 valence electrons. The quantitative estimate of drug-likeness (QED) is 0.520. The minimum absolute atomic E-state index is 0.0753. The lowest BCUT2D eigenvalue weighted by molar-refractivity contribution is 0.0746. The third kappa shape index (κ3) is 4.29. The lowest BCUT2D eigenvalue weighted by Gasteiger charge is -2.34. The van der Waals surface area contributed by atoms with Gasteiger partial charge in [0, 0.05) is 31.7 Å². The molecule has 0 unspecified atom stereocenters. The molecule has 0 aliphatic carbocycles. The number of piperazine rings is 1. The fraction of sp³-hybridized carbons (Fsp3) is 0.417. The summed E-state index contributed by atoms with van der Waals surface area (Å²) in [5, 5.41) is 1.05. The third-order valence-electron chi connectivity index (χ3n) is 5.76. The van der Waals surface area contributed by atoms with Crippen LogP contribution in [0.3, 0.4) is 0 Å². The molecule has 1 saturated heterocycles. The highest BCUT2D eigenvalue weighted by molar-refractivity contribution is 7.22. The molecule has 0 bridgehead atoms. The first-order chi connectivity index (χ1) is 14.6. The van der Waals surface area contributed by atoms with Gasteiger partial charge in [-0.3, -0.25) is 4.79 Å². The number of hydrogen-bond donors (Lipinski definition) is 0. The summed E-state index contributed by atoms with van der Waals surface area (Å²) in [7, 11) is 0. The van der Waals surface area contributed by atoms with Crippen LogP contribution in [-0.4, -0.2) is 48.6 Å². The van der Waals surface area contributed by atoms with Crippen LogP contribution in [0, 0.1) is 13.8 Å². The Morgan fingerprint density at radius 3 is 2.70 bits per heavy atom. The van der Waals surface area contributed by atoms with Crippen LogP contribution in [0.5, 0.6) is 5.75 Å². The minimum atomic E-state index is 0.0753. The highest BCUT2D eigenvalue weighted by atomic mass is 32.1. The van der Waals surface area contributed by atoms with E-state index in [0.717, 1.165) is 42.3 Å². The molecule has 6 heteroatoms. The van der Waals surface area contributed by atoms with Crippen LogP contribution in [0.4, 0.5) is 5.13 Å². The fourth-order valence-electron chi connectivity index (χ4n) is 3.69. The molecule has 2 heterocycles. The standard InChI is InChI=1S/C24H29N3O2S/c1-4-5-15-29-20-8-6-7-19(16-20)23(28)26-11-13-27(14-12-26)24-25-22-18(3)17(2)9-10-21(22)30-24/h6-10,16H,4-5,11-15H2,1-3H3. The second-order valence-electron chi connectivity index (χ2n) is 7.86. The van der Waals surface area contributed by atoms with E-state index in [9.17, 15) is 4.79 Å². The average molecular weight is 424 g/mol. The summed E-state index contributed by atoms with van der Waals surface area (Å²) in [5.41, 5.74) is 4.33. The van der Waals surface area contributed by atoms with Gasteiger partial charge in [0.2, 0.25) is 0 Å². The molecule has 2 aromatic carbocycles. The van der Waals surface area contributed by atoms with Crippen molar-refractivity contribution in [3.8, 4) is 5.75 Å². The first-order valence-electron chi connectivity index (χ1n) is 10.7. The van der Waals surface area contributed by atoms with Gasteiger partial charge in [0.15, 0.2) is 5.13 Å². The van der Waals surface area contributed by atoms with Gasteiger partial charge >= 0.3 is 0 Å².